The lowest BCUT2D eigenvalue weighted by atomic mass is 9.81. The Morgan fingerprint density at radius 2 is 1.35 bits per heavy atom. The van der Waals surface area contributed by atoms with Crippen LogP contribution in [0.5, 0.6) is 0 Å². The molecule has 2 atom stereocenters. The maximum Gasteiger partial charge on any atom is 0.130 e. The number of aldehydes is 1. The zero-order chi connectivity index (χ0) is 19.5. The average molecular weight is 345 g/mol. The molecule has 0 amide bonds. The molecule has 0 radical (unpaired) electrons. The Bertz CT molecular complexity index is 745. The normalized spacial score (nSPS) is 14.3. The first-order chi connectivity index (χ1) is 12.5. The van der Waals surface area contributed by atoms with E-state index in [2.05, 4.69) is 19.2 Å². The number of nitriles is 1. The molecule has 0 aliphatic carbocycles. The summed E-state index contributed by atoms with van der Waals surface area (Å²) in [6.45, 7) is 11.2. The zero-order valence-corrected chi connectivity index (χ0v) is 15.7. The van der Waals surface area contributed by atoms with Crippen molar-refractivity contribution in [1.82, 2.24) is 0 Å². The summed E-state index contributed by atoms with van der Waals surface area (Å²) in [6, 6.07) is 21.9. The van der Waals surface area contributed by atoms with E-state index in [9.17, 15) is 4.79 Å². The summed E-state index contributed by atoms with van der Waals surface area (Å²) in [5, 5.41) is 9.07. The van der Waals surface area contributed by atoms with Gasteiger partial charge in [-0.15, -0.1) is 13.2 Å². The molecular weight excluding hydrogens is 318 g/mol. The highest BCUT2D eigenvalue weighted by Crippen LogP contribution is 2.26. The number of carbonyl (C=O) groups excluding carboxylic acids is 1. The molecule has 2 heteroatoms. The molecular formula is C24H27NO. The van der Waals surface area contributed by atoms with Gasteiger partial charge in [0, 0.05) is 0 Å². The average Bonchev–Trinajstić information content (AvgIpc) is 2.70. The molecule has 2 unspecified atom stereocenters. The first-order valence-corrected chi connectivity index (χ1v) is 8.66. The fourth-order valence-electron chi connectivity index (χ4n) is 2.68. The number of benzene rings is 2. The van der Waals surface area contributed by atoms with Gasteiger partial charge in [-0.3, -0.25) is 0 Å². The number of nitrogens with zero attached hydrogens (tertiary/aromatic N) is 1. The van der Waals surface area contributed by atoms with Crippen molar-refractivity contribution in [3.63, 3.8) is 0 Å². The molecule has 0 N–H and O–H groups in total. The van der Waals surface area contributed by atoms with Gasteiger partial charge >= 0.3 is 0 Å². The molecule has 2 nitrogen and oxygen atoms in total. The summed E-state index contributed by atoms with van der Waals surface area (Å²) in [4.78, 5) is 11.0. The van der Waals surface area contributed by atoms with Crippen LogP contribution in [0.3, 0.4) is 0 Å². The first-order valence-electron chi connectivity index (χ1n) is 8.66. The van der Waals surface area contributed by atoms with Crippen LogP contribution in [0.1, 0.15) is 37.8 Å². The van der Waals surface area contributed by atoms with Crippen molar-refractivity contribution in [3.05, 3.63) is 97.1 Å². The summed E-state index contributed by atoms with van der Waals surface area (Å²) < 4.78 is 0. The van der Waals surface area contributed by atoms with Gasteiger partial charge in [-0.05, 0) is 37.8 Å². The minimum Gasteiger partial charge on any atom is -0.302 e. The van der Waals surface area contributed by atoms with Gasteiger partial charge in [0.05, 0.1) is 16.9 Å². The Balaban J connectivity index is 0.000000260. The molecule has 0 saturated heterocycles. The van der Waals surface area contributed by atoms with E-state index in [1.165, 1.54) is 0 Å². The quantitative estimate of drug-likeness (QED) is 0.472. The van der Waals surface area contributed by atoms with Crippen LogP contribution in [-0.2, 0) is 15.6 Å². The molecule has 0 aromatic heterocycles. The van der Waals surface area contributed by atoms with E-state index in [1.54, 1.807) is 12.2 Å². The molecule has 0 aliphatic heterocycles. The molecule has 2 rings (SSSR count). The molecule has 0 aliphatic rings. The molecule has 26 heavy (non-hydrogen) atoms. The molecule has 0 spiro atoms. The van der Waals surface area contributed by atoms with Crippen LogP contribution >= 0.6 is 0 Å². The second kappa shape index (κ2) is 10.2. The monoisotopic (exact) mass is 345 g/mol. The molecule has 0 saturated carbocycles. The maximum absolute atomic E-state index is 11.0. The summed E-state index contributed by atoms with van der Waals surface area (Å²) >= 11 is 0. The second-order valence-corrected chi connectivity index (χ2v) is 6.70. The predicted octanol–water partition coefficient (Wildman–Crippen LogP) is 5.76. The van der Waals surface area contributed by atoms with Crippen molar-refractivity contribution in [2.45, 2.75) is 37.5 Å². The van der Waals surface area contributed by atoms with Crippen LogP contribution < -0.4 is 0 Å². The zero-order valence-electron chi connectivity index (χ0n) is 15.7. The van der Waals surface area contributed by atoms with Crippen molar-refractivity contribution in [2.75, 3.05) is 0 Å². The Hall–Kier alpha value is -2.92. The van der Waals surface area contributed by atoms with Gasteiger partial charge < -0.3 is 4.79 Å². The largest absolute Gasteiger partial charge is 0.302 e. The minimum absolute atomic E-state index is 0.414. The van der Waals surface area contributed by atoms with Gasteiger partial charge in [-0.25, -0.2) is 0 Å². The van der Waals surface area contributed by atoms with Crippen LogP contribution in [0.4, 0.5) is 0 Å². The van der Waals surface area contributed by atoms with Crippen LogP contribution in [0.15, 0.2) is 86.0 Å². The van der Waals surface area contributed by atoms with E-state index in [-0.39, 0.29) is 0 Å². The highest BCUT2D eigenvalue weighted by molar-refractivity contribution is 5.68. The number of hydrogen-bond donors (Lipinski definition) is 0. The van der Waals surface area contributed by atoms with Crippen molar-refractivity contribution in [2.24, 2.45) is 0 Å². The lowest BCUT2D eigenvalue weighted by molar-refractivity contribution is -0.112. The number of rotatable bonds is 7. The standard InChI is InChI=1S/C12H13N.C12H14O/c2*1-3-9-12(2,10-13)11-7-5-4-6-8-11/h3-8H,1,9H2,2H3;3-8,10H,1,9H2,2H3. The molecule has 0 fully saturated rings. The molecule has 2 aromatic rings. The van der Waals surface area contributed by atoms with Crippen LogP contribution in [0.25, 0.3) is 0 Å². The third-order valence-corrected chi connectivity index (χ3v) is 4.47. The lowest BCUT2D eigenvalue weighted by Crippen LogP contribution is -2.22. The minimum atomic E-state index is -0.428. The maximum atomic E-state index is 11.0. The van der Waals surface area contributed by atoms with Gasteiger partial charge in [0.1, 0.15) is 6.29 Å². The fraction of sp³-hybridized carbons (Fsp3) is 0.250. The van der Waals surface area contributed by atoms with E-state index in [1.807, 2.05) is 74.5 Å². The Labute approximate surface area is 157 Å². The predicted molar refractivity (Wildman–Crippen MR) is 109 cm³/mol. The number of carbonyl (C=O) groups is 1. The Morgan fingerprint density at radius 1 is 0.885 bits per heavy atom. The topological polar surface area (TPSA) is 40.9 Å². The van der Waals surface area contributed by atoms with E-state index >= 15 is 0 Å². The summed E-state index contributed by atoms with van der Waals surface area (Å²) in [7, 11) is 0. The number of allylic oxidation sites excluding steroid dienone is 2. The summed E-state index contributed by atoms with van der Waals surface area (Å²) in [5.74, 6) is 0. The highest BCUT2D eigenvalue weighted by Gasteiger charge is 2.24. The van der Waals surface area contributed by atoms with Crippen molar-refractivity contribution < 1.29 is 4.79 Å². The van der Waals surface area contributed by atoms with Gasteiger partial charge in [0.2, 0.25) is 0 Å². The highest BCUT2D eigenvalue weighted by atomic mass is 16.1. The van der Waals surface area contributed by atoms with Gasteiger partial charge in [-0.2, -0.15) is 5.26 Å². The molecule has 0 bridgehead atoms. The fourth-order valence-corrected chi connectivity index (χ4v) is 2.68. The lowest BCUT2D eigenvalue weighted by Gasteiger charge is -2.21. The second-order valence-electron chi connectivity index (χ2n) is 6.70. The first kappa shape index (κ1) is 21.1. The van der Waals surface area contributed by atoms with Crippen LogP contribution in [0.2, 0.25) is 0 Å². The summed E-state index contributed by atoms with van der Waals surface area (Å²) in [5.41, 5.74) is 1.26. The van der Waals surface area contributed by atoms with Gasteiger partial charge in [0.15, 0.2) is 0 Å². The van der Waals surface area contributed by atoms with E-state index in [0.29, 0.717) is 12.8 Å². The third kappa shape index (κ3) is 5.57. The van der Waals surface area contributed by atoms with Gasteiger partial charge in [-0.1, -0.05) is 72.8 Å². The molecule has 2 aromatic carbocycles. The number of hydrogen-bond acceptors (Lipinski definition) is 2. The third-order valence-electron chi connectivity index (χ3n) is 4.47. The smallest absolute Gasteiger partial charge is 0.130 e. The van der Waals surface area contributed by atoms with Crippen molar-refractivity contribution >= 4 is 6.29 Å². The van der Waals surface area contributed by atoms with E-state index < -0.39 is 10.8 Å². The van der Waals surface area contributed by atoms with Crippen molar-refractivity contribution in [3.8, 4) is 6.07 Å². The van der Waals surface area contributed by atoms with Crippen LogP contribution in [0, 0.1) is 11.3 Å². The molecule has 134 valence electrons. The SMILES string of the molecule is C=CCC(C)(C#N)c1ccccc1.C=CCC(C)(C=O)c1ccccc1. The molecule has 0 heterocycles. The van der Waals surface area contributed by atoms with Crippen molar-refractivity contribution in [1.29, 1.82) is 5.26 Å². The van der Waals surface area contributed by atoms with E-state index in [0.717, 1.165) is 17.4 Å². The van der Waals surface area contributed by atoms with E-state index in [4.69, 9.17) is 5.26 Å². The van der Waals surface area contributed by atoms with Gasteiger partial charge in [0.25, 0.3) is 0 Å². The Kier molecular flexibility index (Phi) is 8.25. The Morgan fingerprint density at radius 3 is 1.73 bits per heavy atom. The summed E-state index contributed by atoms with van der Waals surface area (Å²) in [6.07, 6.45) is 5.93. The van der Waals surface area contributed by atoms with Crippen LogP contribution in [-0.4, -0.2) is 6.29 Å².